The van der Waals surface area contributed by atoms with Crippen molar-refractivity contribution in [3.8, 4) is 17.2 Å². The summed E-state index contributed by atoms with van der Waals surface area (Å²) < 4.78 is 29.5. The van der Waals surface area contributed by atoms with Crippen molar-refractivity contribution >= 4 is 0 Å². The molecule has 0 aromatic heterocycles. The predicted octanol–water partition coefficient (Wildman–Crippen LogP) is 3.66. The van der Waals surface area contributed by atoms with Crippen molar-refractivity contribution in [2.45, 2.75) is 19.0 Å². The van der Waals surface area contributed by atoms with E-state index in [2.05, 4.69) is 17.4 Å². The van der Waals surface area contributed by atoms with Gasteiger partial charge in [0.1, 0.15) is 12.4 Å². The Labute approximate surface area is 146 Å². The van der Waals surface area contributed by atoms with Crippen LogP contribution in [0.2, 0.25) is 0 Å². The Hall–Kier alpha value is -2.27. The summed E-state index contributed by atoms with van der Waals surface area (Å²) in [7, 11) is 0. The van der Waals surface area contributed by atoms with Gasteiger partial charge < -0.3 is 19.5 Å². The second-order valence-corrected chi connectivity index (χ2v) is 6.56. The number of halogens is 1. The van der Waals surface area contributed by atoms with E-state index in [1.807, 2.05) is 30.3 Å². The van der Waals surface area contributed by atoms with Gasteiger partial charge in [-0.05, 0) is 42.1 Å². The number of piperidine rings is 1. The molecule has 2 aromatic carbocycles. The smallest absolute Gasteiger partial charge is 0.231 e. The first-order valence-electron chi connectivity index (χ1n) is 8.71. The largest absolute Gasteiger partial charge is 0.493 e. The number of nitrogens with one attached hydrogen (secondary N) is 1. The fraction of sp³-hybridized carbons (Fsp3) is 0.400. The summed E-state index contributed by atoms with van der Waals surface area (Å²) in [5, 5.41) is 3.45. The maximum Gasteiger partial charge on any atom is 0.231 e. The standard InChI is InChI=1S/C20H22FNO3/c21-10-14-1-3-15(4-2-14)18-7-8-22-11-16(18)12-23-17-5-6-19-20(9-17)25-13-24-19/h1-6,9,16,18,22H,7-8,10-13H2/t16-,18-/m0/s1. The van der Waals surface area contributed by atoms with Gasteiger partial charge in [0.25, 0.3) is 0 Å². The quantitative estimate of drug-likeness (QED) is 0.899. The van der Waals surface area contributed by atoms with E-state index in [-0.39, 0.29) is 6.79 Å². The van der Waals surface area contributed by atoms with Crippen molar-refractivity contribution in [2.75, 3.05) is 26.5 Å². The summed E-state index contributed by atoms with van der Waals surface area (Å²) in [6.07, 6.45) is 1.06. The van der Waals surface area contributed by atoms with Crippen LogP contribution in [0.15, 0.2) is 42.5 Å². The van der Waals surface area contributed by atoms with E-state index in [1.54, 1.807) is 0 Å². The molecule has 0 saturated carbocycles. The Morgan fingerprint density at radius 3 is 2.76 bits per heavy atom. The summed E-state index contributed by atoms with van der Waals surface area (Å²) in [5.41, 5.74) is 1.99. The monoisotopic (exact) mass is 343 g/mol. The molecule has 25 heavy (non-hydrogen) atoms. The lowest BCUT2D eigenvalue weighted by atomic mass is 9.81. The van der Waals surface area contributed by atoms with Crippen molar-refractivity contribution in [1.29, 1.82) is 0 Å². The van der Waals surface area contributed by atoms with E-state index in [0.29, 0.717) is 18.4 Å². The third-order valence-electron chi connectivity index (χ3n) is 4.98. The van der Waals surface area contributed by atoms with Crippen LogP contribution in [0, 0.1) is 5.92 Å². The number of hydrogen-bond donors (Lipinski definition) is 1. The number of hydrogen-bond acceptors (Lipinski definition) is 4. The van der Waals surface area contributed by atoms with E-state index in [0.717, 1.165) is 42.3 Å². The van der Waals surface area contributed by atoms with Gasteiger partial charge in [-0.3, -0.25) is 0 Å². The average Bonchev–Trinajstić information content (AvgIpc) is 3.14. The molecule has 2 atom stereocenters. The number of rotatable bonds is 5. The van der Waals surface area contributed by atoms with Crippen molar-refractivity contribution in [1.82, 2.24) is 5.32 Å². The number of benzene rings is 2. The molecule has 2 aliphatic rings. The molecule has 1 N–H and O–H groups in total. The molecule has 4 rings (SSSR count). The molecule has 2 heterocycles. The third kappa shape index (κ3) is 3.56. The molecule has 5 heteroatoms. The zero-order chi connectivity index (χ0) is 17.1. The molecule has 132 valence electrons. The maximum absolute atomic E-state index is 12.7. The van der Waals surface area contributed by atoms with E-state index < -0.39 is 6.67 Å². The van der Waals surface area contributed by atoms with Gasteiger partial charge >= 0.3 is 0 Å². The first kappa shape index (κ1) is 16.2. The molecule has 1 fully saturated rings. The van der Waals surface area contributed by atoms with Crippen molar-refractivity contribution in [3.63, 3.8) is 0 Å². The van der Waals surface area contributed by atoms with E-state index >= 15 is 0 Å². The summed E-state index contributed by atoms with van der Waals surface area (Å²) in [6, 6.07) is 13.5. The van der Waals surface area contributed by atoms with Crippen LogP contribution in [0.25, 0.3) is 0 Å². The Morgan fingerprint density at radius 2 is 1.92 bits per heavy atom. The Morgan fingerprint density at radius 1 is 1.08 bits per heavy atom. The summed E-state index contributed by atoms with van der Waals surface area (Å²) in [5.74, 6) is 3.08. The van der Waals surface area contributed by atoms with Gasteiger partial charge in [-0.25, -0.2) is 4.39 Å². The minimum Gasteiger partial charge on any atom is -0.493 e. The highest BCUT2D eigenvalue weighted by Crippen LogP contribution is 2.36. The molecule has 0 aliphatic carbocycles. The molecule has 2 aromatic rings. The van der Waals surface area contributed by atoms with E-state index in [9.17, 15) is 4.39 Å². The van der Waals surface area contributed by atoms with E-state index in [1.165, 1.54) is 5.56 Å². The van der Waals surface area contributed by atoms with Crippen molar-refractivity contribution < 1.29 is 18.6 Å². The first-order valence-corrected chi connectivity index (χ1v) is 8.71. The minimum absolute atomic E-state index is 0.266. The highest BCUT2D eigenvalue weighted by molar-refractivity contribution is 5.46. The SMILES string of the molecule is FCc1ccc([C@@H]2CCNC[C@H]2COc2ccc3c(c2)OCO3)cc1. The highest BCUT2D eigenvalue weighted by Gasteiger charge is 2.27. The second kappa shape index (κ2) is 7.31. The van der Waals surface area contributed by atoms with Crippen LogP contribution in [0.4, 0.5) is 4.39 Å². The Kier molecular flexibility index (Phi) is 4.74. The molecular weight excluding hydrogens is 321 g/mol. The molecular formula is C20H22FNO3. The zero-order valence-electron chi connectivity index (χ0n) is 14.0. The summed E-state index contributed by atoms with van der Waals surface area (Å²) >= 11 is 0. The number of fused-ring (bicyclic) bond motifs is 1. The average molecular weight is 343 g/mol. The molecule has 2 aliphatic heterocycles. The first-order chi connectivity index (χ1) is 12.3. The molecule has 0 spiro atoms. The van der Waals surface area contributed by atoms with Crippen LogP contribution < -0.4 is 19.5 Å². The van der Waals surface area contributed by atoms with Crippen LogP contribution in [0.5, 0.6) is 17.2 Å². The van der Waals surface area contributed by atoms with Gasteiger partial charge in [-0.2, -0.15) is 0 Å². The lowest BCUT2D eigenvalue weighted by molar-refractivity contribution is 0.173. The van der Waals surface area contributed by atoms with Crippen LogP contribution in [0.3, 0.4) is 0 Å². The van der Waals surface area contributed by atoms with Crippen LogP contribution in [-0.4, -0.2) is 26.5 Å². The molecule has 0 unspecified atom stereocenters. The normalized spacial score (nSPS) is 22.0. The van der Waals surface area contributed by atoms with Crippen LogP contribution >= 0.6 is 0 Å². The van der Waals surface area contributed by atoms with Gasteiger partial charge in [0, 0.05) is 18.5 Å². The Balaban J connectivity index is 1.43. The second-order valence-electron chi connectivity index (χ2n) is 6.56. The van der Waals surface area contributed by atoms with Crippen LogP contribution in [-0.2, 0) is 6.67 Å². The third-order valence-corrected chi connectivity index (χ3v) is 4.98. The molecule has 0 radical (unpaired) electrons. The topological polar surface area (TPSA) is 39.7 Å². The molecule has 0 amide bonds. The molecule has 1 saturated heterocycles. The fourth-order valence-corrected chi connectivity index (χ4v) is 3.56. The lowest BCUT2D eigenvalue weighted by Gasteiger charge is -2.32. The maximum atomic E-state index is 12.7. The molecule has 0 bridgehead atoms. The number of alkyl halides is 1. The highest BCUT2D eigenvalue weighted by atomic mass is 19.1. The predicted molar refractivity (Wildman–Crippen MR) is 93.0 cm³/mol. The molecule has 4 nitrogen and oxygen atoms in total. The summed E-state index contributed by atoms with van der Waals surface area (Å²) in [6.45, 7) is 2.39. The van der Waals surface area contributed by atoms with Gasteiger partial charge in [0.15, 0.2) is 11.5 Å². The van der Waals surface area contributed by atoms with Gasteiger partial charge in [-0.1, -0.05) is 24.3 Å². The lowest BCUT2D eigenvalue weighted by Crippen LogP contribution is -2.38. The zero-order valence-corrected chi connectivity index (χ0v) is 14.0. The van der Waals surface area contributed by atoms with Crippen molar-refractivity contribution in [2.24, 2.45) is 5.92 Å². The van der Waals surface area contributed by atoms with Gasteiger partial charge in [0.2, 0.25) is 6.79 Å². The van der Waals surface area contributed by atoms with E-state index in [4.69, 9.17) is 14.2 Å². The summed E-state index contributed by atoms with van der Waals surface area (Å²) in [4.78, 5) is 0. The van der Waals surface area contributed by atoms with Crippen molar-refractivity contribution in [3.05, 3.63) is 53.6 Å². The van der Waals surface area contributed by atoms with Gasteiger partial charge in [0.05, 0.1) is 6.61 Å². The minimum atomic E-state index is -0.414. The Bertz CT molecular complexity index is 719. The van der Waals surface area contributed by atoms with Gasteiger partial charge in [-0.15, -0.1) is 0 Å². The number of ether oxygens (including phenoxy) is 3. The van der Waals surface area contributed by atoms with Crippen LogP contribution in [0.1, 0.15) is 23.5 Å². The fourth-order valence-electron chi connectivity index (χ4n) is 3.56.